The molecule has 5 nitrogen and oxygen atoms in total. The highest BCUT2D eigenvalue weighted by molar-refractivity contribution is 4.83. The molecule has 14 heavy (non-hydrogen) atoms. The lowest BCUT2D eigenvalue weighted by molar-refractivity contribution is -0.178. The summed E-state index contributed by atoms with van der Waals surface area (Å²) in [4.78, 5) is 3.65. The first kappa shape index (κ1) is 10.9. The van der Waals surface area contributed by atoms with Crippen molar-refractivity contribution in [2.45, 2.75) is 19.3 Å². The second-order valence-corrected chi connectivity index (χ2v) is 2.42. The quantitative estimate of drug-likeness (QED) is 0.789. The molecule has 0 bridgehead atoms. The largest absolute Gasteiger partial charge is 0.411 e. The summed E-state index contributed by atoms with van der Waals surface area (Å²) in [5.74, 6) is 0.213. The highest BCUT2D eigenvalue weighted by Gasteiger charge is 2.27. The molecule has 0 amide bonds. The van der Waals surface area contributed by atoms with Crippen molar-refractivity contribution in [2.75, 3.05) is 6.61 Å². The third-order valence-corrected chi connectivity index (χ3v) is 1.18. The molecular weight excluding hydrogens is 203 g/mol. The Bertz CT molecular complexity index is 286. The van der Waals surface area contributed by atoms with Crippen molar-refractivity contribution in [2.24, 2.45) is 5.73 Å². The Balaban J connectivity index is 2.31. The minimum absolute atomic E-state index is 0.0188. The van der Waals surface area contributed by atoms with E-state index in [-0.39, 0.29) is 24.9 Å². The van der Waals surface area contributed by atoms with Crippen LogP contribution in [0.15, 0.2) is 4.52 Å². The molecule has 0 aliphatic rings. The number of ether oxygens (including phenoxy) is 1. The SMILES string of the molecule is NCc1noc(COCC(F)(F)F)n1. The second kappa shape index (κ2) is 4.38. The van der Waals surface area contributed by atoms with Gasteiger partial charge in [0.15, 0.2) is 5.82 Å². The molecule has 1 rings (SSSR count). The molecule has 0 fully saturated rings. The molecule has 0 saturated heterocycles. The average molecular weight is 211 g/mol. The maximum Gasteiger partial charge on any atom is 0.411 e. The zero-order valence-electron chi connectivity index (χ0n) is 7.04. The van der Waals surface area contributed by atoms with Crippen molar-refractivity contribution in [3.8, 4) is 0 Å². The molecule has 0 atom stereocenters. The summed E-state index contributed by atoms with van der Waals surface area (Å²) < 4.78 is 43.7. The second-order valence-electron chi connectivity index (χ2n) is 2.42. The van der Waals surface area contributed by atoms with Crippen molar-refractivity contribution in [3.05, 3.63) is 11.7 Å². The number of rotatable bonds is 4. The summed E-state index contributed by atoms with van der Waals surface area (Å²) in [6.07, 6.45) is -4.35. The van der Waals surface area contributed by atoms with Crippen LogP contribution in [-0.4, -0.2) is 22.9 Å². The summed E-state index contributed by atoms with van der Waals surface area (Å²) in [6.45, 7) is -1.64. The average Bonchev–Trinajstić information content (AvgIpc) is 2.50. The molecule has 0 radical (unpaired) electrons. The maximum atomic E-state index is 11.6. The van der Waals surface area contributed by atoms with Gasteiger partial charge in [-0.3, -0.25) is 0 Å². The third-order valence-electron chi connectivity index (χ3n) is 1.18. The maximum absolute atomic E-state index is 11.6. The lowest BCUT2D eigenvalue weighted by atomic mass is 10.6. The number of aromatic nitrogens is 2. The fourth-order valence-electron chi connectivity index (χ4n) is 0.686. The fourth-order valence-corrected chi connectivity index (χ4v) is 0.686. The smallest absolute Gasteiger partial charge is 0.362 e. The monoisotopic (exact) mass is 211 g/mol. The number of hydrogen-bond donors (Lipinski definition) is 1. The highest BCUT2D eigenvalue weighted by atomic mass is 19.4. The van der Waals surface area contributed by atoms with Gasteiger partial charge in [-0.25, -0.2) is 0 Å². The predicted molar refractivity (Wildman–Crippen MR) is 37.9 cm³/mol. The van der Waals surface area contributed by atoms with Crippen LogP contribution in [0.1, 0.15) is 11.7 Å². The van der Waals surface area contributed by atoms with Crippen molar-refractivity contribution < 1.29 is 22.4 Å². The number of alkyl halides is 3. The highest BCUT2D eigenvalue weighted by Crippen LogP contribution is 2.15. The molecule has 0 aromatic carbocycles. The third kappa shape index (κ3) is 3.71. The first-order valence-corrected chi connectivity index (χ1v) is 3.67. The Morgan fingerprint density at radius 1 is 1.43 bits per heavy atom. The van der Waals surface area contributed by atoms with Gasteiger partial charge in [0.05, 0.1) is 6.54 Å². The summed E-state index contributed by atoms with van der Waals surface area (Å²) in [5, 5.41) is 3.38. The Labute approximate surface area is 77.0 Å². The Morgan fingerprint density at radius 2 is 2.14 bits per heavy atom. The number of hydrogen-bond acceptors (Lipinski definition) is 5. The van der Waals surface area contributed by atoms with E-state index in [9.17, 15) is 13.2 Å². The van der Waals surface area contributed by atoms with Gasteiger partial charge in [0.25, 0.3) is 5.89 Å². The number of nitrogens with two attached hydrogens (primary N) is 1. The summed E-state index contributed by atoms with van der Waals surface area (Å²) in [5.41, 5.74) is 5.16. The van der Waals surface area contributed by atoms with E-state index in [0.717, 1.165) is 0 Å². The van der Waals surface area contributed by atoms with Gasteiger partial charge in [-0.15, -0.1) is 0 Å². The van der Waals surface area contributed by atoms with Crippen LogP contribution in [0.5, 0.6) is 0 Å². The Hall–Kier alpha value is -1.15. The standard InChI is InChI=1S/C6H8F3N3O2/c7-6(8,9)3-13-2-5-11-4(1-10)12-14-5/h1-3,10H2. The predicted octanol–water partition coefficient (Wildman–Crippen LogP) is 0.607. The molecule has 1 aromatic heterocycles. The zero-order chi connectivity index (χ0) is 10.6. The summed E-state index contributed by atoms with van der Waals surface area (Å²) in [7, 11) is 0. The van der Waals surface area contributed by atoms with E-state index in [2.05, 4.69) is 19.4 Å². The van der Waals surface area contributed by atoms with Crippen LogP contribution in [0.4, 0.5) is 13.2 Å². The fraction of sp³-hybridized carbons (Fsp3) is 0.667. The first-order valence-electron chi connectivity index (χ1n) is 3.67. The van der Waals surface area contributed by atoms with E-state index in [0.29, 0.717) is 0 Å². The molecule has 0 aliphatic heterocycles. The molecule has 2 N–H and O–H groups in total. The van der Waals surface area contributed by atoms with Gasteiger partial charge >= 0.3 is 6.18 Å². The molecule has 0 saturated carbocycles. The molecule has 1 heterocycles. The Morgan fingerprint density at radius 3 is 2.64 bits per heavy atom. The topological polar surface area (TPSA) is 74.2 Å². The summed E-state index contributed by atoms with van der Waals surface area (Å²) in [6, 6.07) is 0. The molecule has 0 spiro atoms. The van der Waals surface area contributed by atoms with Crippen LogP contribution in [0.2, 0.25) is 0 Å². The van der Waals surface area contributed by atoms with Gasteiger partial charge in [-0.2, -0.15) is 18.2 Å². The van der Waals surface area contributed by atoms with Crippen LogP contribution < -0.4 is 5.73 Å². The van der Waals surface area contributed by atoms with Gasteiger partial charge in [0, 0.05) is 0 Å². The lowest BCUT2D eigenvalue weighted by Crippen LogP contribution is -2.16. The van der Waals surface area contributed by atoms with Crippen LogP contribution in [0.25, 0.3) is 0 Å². The van der Waals surface area contributed by atoms with E-state index >= 15 is 0 Å². The minimum atomic E-state index is -4.35. The van der Waals surface area contributed by atoms with Crippen molar-refractivity contribution in [1.82, 2.24) is 10.1 Å². The van der Waals surface area contributed by atoms with Crippen LogP contribution in [0.3, 0.4) is 0 Å². The number of nitrogens with zero attached hydrogens (tertiary/aromatic N) is 2. The van der Waals surface area contributed by atoms with E-state index < -0.39 is 12.8 Å². The molecule has 0 aliphatic carbocycles. The van der Waals surface area contributed by atoms with Crippen LogP contribution in [0, 0.1) is 0 Å². The van der Waals surface area contributed by atoms with Crippen molar-refractivity contribution in [3.63, 3.8) is 0 Å². The van der Waals surface area contributed by atoms with Gasteiger partial charge < -0.3 is 15.0 Å². The van der Waals surface area contributed by atoms with Gasteiger partial charge in [-0.05, 0) is 0 Å². The molecule has 80 valence electrons. The Kier molecular flexibility index (Phi) is 3.42. The molecular formula is C6H8F3N3O2. The minimum Gasteiger partial charge on any atom is -0.362 e. The zero-order valence-corrected chi connectivity index (χ0v) is 7.04. The summed E-state index contributed by atoms with van der Waals surface area (Å²) >= 11 is 0. The molecule has 0 unspecified atom stereocenters. The van der Waals surface area contributed by atoms with E-state index in [1.807, 2.05) is 0 Å². The molecule has 1 aromatic rings. The van der Waals surface area contributed by atoms with Gasteiger partial charge in [-0.1, -0.05) is 5.16 Å². The van der Waals surface area contributed by atoms with E-state index in [1.54, 1.807) is 0 Å². The first-order chi connectivity index (χ1) is 6.51. The molecule has 8 heteroatoms. The lowest BCUT2D eigenvalue weighted by Gasteiger charge is -2.04. The van der Waals surface area contributed by atoms with Crippen LogP contribution >= 0.6 is 0 Å². The van der Waals surface area contributed by atoms with Gasteiger partial charge in [0.1, 0.15) is 13.2 Å². The van der Waals surface area contributed by atoms with Crippen LogP contribution in [-0.2, 0) is 17.9 Å². The normalized spacial score (nSPS) is 12.0. The van der Waals surface area contributed by atoms with Crippen molar-refractivity contribution >= 4 is 0 Å². The van der Waals surface area contributed by atoms with E-state index in [4.69, 9.17) is 5.73 Å². The van der Waals surface area contributed by atoms with Crippen molar-refractivity contribution in [1.29, 1.82) is 0 Å². The van der Waals surface area contributed by atoms with E-state index in [1.165, 1.54) is 0 Å². The van der Waals surface area contributed by atoms with Gasteiger partial charge in [0.2, 0.25) is 0 Å². The number of halogens is 3.